The summed E-state index contributed by atoms with van der Waals surface area (Å²) in [4.78, 5) is 14.2. The molecule has 0 aromatic heterocycles. The molecule has 2 aromatic rings. The van der Waals surface area contributed by atoms with E-state index in [1.165, 1.54) is 0 Å². The van der Waals surface area contributed by atoms with Gasteiger partial charge in [0.25, 0.3) is 0 Å². The summed E-state index contributed by atoms with van der Waals surface area (Å²) >= 11 is 9.37. The Hall–Kier alpha value is -1.16. The second-order valence-corrected chi connectivity index (χ2v) is 6.00. The van der Waals surface area contributed by atoms with Crippen molar-refractivity contribution in [1.29, 1.82) is 0 Å². The lowest BCUT2D eigenvalue weighted by atomic mass is 10.1. The molecule has 0 aliphatic carbocycles. The van der Waals surface area contributed by atoms with Gasteiger partial charge in [0.1, 0.15) is 0 Å². The topological polar surface area (TPSA) is 20.3 Å². The van der Waals surface area contributed by atoms with Gasteiger partial charge in [-0.1, -0.05) is 57.9 Å². The molecule has 0 aliphatic heterocycles. The monoisotopic (exact) mass is 351 g/mol. The number of likely N-dealkylation sites (N-methyl/N-ethyl adjacent to an activating group) is 1. The van der Waals surface area contributed by atoms with Crippen molar-refractivity contribution in [1.82, 2.24) is 4.90 Å². The van der Waals surface area contributed by atoms with Crippen LogP contribution in [0, 0.1) is 0 Å². The van der Waals surface area contributed by atoms with Crippen molar-refractivity contribution >= 4 is 33.3 Å². The smallest absolute Gasteiger partial charge is 0.177 e. The SMILES string of the molecule is CN(CC(=O)c1ccccc1Br)Cc1cccc(Cl)c1. The van der Waals surface area contributed by atoms with Crippen molar-refractivity contribution in [3.8, 4) is 0 Å². The minimum Gasteiger partial charge on any atom is -0.295 e. The predicted octanol–water partition coefficient (Wildman–Crippen LogP) is 4.42. The van der Waals surface area contributed by atoms with Crippen molar-refractivity contribution < 1.29 is 4.79 Å². The number of carbonyl (C=O) groups is 1. The van der Waals surface area contributed by atoms with Crippen molar-refractivity contribution in [3.63, 3.8) is 0 Å². The van der Waals surface area contributed by atoms with E-state index in [-0.39, 0.29) is 5.78 Å². The maximum Gasteiger partial charge on any atom is 0.177 e. The highest BCUT2D eigenvalue weighted by molar-refractivity contribution is 9.10. The lowest BCUT2D eigenvalue weighted by molar-refractivity contribution is 0.0942. The average molecular weight is 353 g/mol. The fraction of sp³-hybridized carbons (Fsp3) is 0.188. The molecule has 0 amide bonds. The Morgan fingerprint density at radius 3 is 2.65 bits per heavy atom. The maximum absolute atomic E-state index is 12.2. The molecule has 0 saturated heterocycles. The Kier molecular flexibility index (Phi) is 5.35. The van der Waals surface area contributed by atoms with E-state index in [0.717, 1.165) is 10.0 Å². The first kappa shape index (κ1) is 15.2. The first-order valence-corrected chi connectivity index (χ1v) is 7.44. The first-order valence-electron chi connectivity index (χ1n) is 6.27. The fourth-order valence-corrected chi connectivity index (χ4v) is 2.74. The van der Waals surface area contributed by atoms with Crippen molar-refractivity contribution in [3.05, 3.63) is 69.2 Å². The third-order valence-electron chi connectivity index (χ3n) is 2.93. The van der Waals surface area contributed by atoms with Crippen LogP contribution >= 0.6 is 27.5 Å². The van der Waals surface area contributed by atoms with Gasteiger partial charge in [-0.05, 0) is 30.8 Å². The highest BCUT2D eigenvalue weighted by atomic mass is 79.9. The molecule has 0 heterocycles. The van der Waals surface area contributed by atoms with Gasteiger partial charge in [-0.3, -0.25) is 9.69 Å². The lowest BCUT2D eigenvalue weighted by Crippen LogP contribution is -2.25. The van der Waals surface area contributed by atoms with Crippen LogP contribution in [0.15, 0.2) is 53.0 Å². The highest BCUT2D eigenvalue weighted by Crippen LogP contribution is 2.17. The van der Waals surface area contributed by atoms with E-state index >= 15 is 0 Å². The third kappa shape index (κ3) is 4.17. The van der Waals surface area contributed by atoms with Crippen LogP contribution in [0.4, 0.5) is 0 Å². The second kappa shape index (κ2) is 7.02. The van der Waals surface area contributed by atoms with Gasteiger partial charge in [-0.15, -0.1) is 0 Å². The van der Waals surface area contributed by atoms with Crippen LogP contribution in [0.5, 0.6) is 0 Å². The van der Waals surface area contributed by atoms with Gasteiger partial charge in [-0.2, -0.15) is 0 Å². The summed E-state index contributed by atoms with van der Waals surface area (Å²) in [6.07, 6.45) is 0. The molecule has 20 heavy (non-hydrogen) atoms. The van der Waals surface area contributed by atoms with E-state index in [4.69, 9.17) is 11.6 Å². The normalized spacial score (nSPS) is 10.8. The predicted molar refractivity (Wildman–Crippen MR) is 86.3 cm³/mol. The van der Waals surface area contributed by atoms with Crippen LogP contribution in [0.1, 0.15) is 15.9 Å². The van der Waals surface area contributed by atoms with E-state index in [1.54, 1.807) is 0 Å². The first-order chi connectivity index (χ1) is 9.56. The Balaban J connectivity index is 2.00. The van der Waals surface area contributed by atoms with Gasteiger partial charge in [0, 0.05) is 21.6 Å². The van der Waals surface area contributed by atoms with Gasteiger partial charge in [-0.25, -0.2) is 0 Å². The van der Waals surface area contributed by atoms with Gasteiger partial charge in [0.2, 0.25) is 0 Å². The molecule has 0 bridgehead atoms. The van der Waals surface area contributed by atoms with E-state index in [0.29, 0.717) is 23.7 Å². The largest absolute Gasteiger partial charge is 0.295 e. The Morgan fingerprint density at radius 1 is 1.20 bits per heavy atom. The number of rotatable bonds is 5. The van der Waals surface area contributed by atoms with Crippen LogP contribution in [-0.4, -0.2) is 24.3 Å². The van der Waals surface area contributed by atoms with Crippen molar-refractivity contribution in [2.24, 2.45) is 0 Å². The van der Waals surface area contributed by atoms with Crippen LogP contribution in [0.3, 0.4) is 0 Å². The zero-order valence-electron chi connectivity index (χ0n) is 11.1. The minimum atomic E-state index is 0.0991. The molecular formula is C16H15BrClNO. The molecule has 0 atom stereocenters. The summed E-state index contributed by atoms with van der Waals surface area (Å²) in [6, 6.07) is 15.2. The van der Waals surface area contributed by atoms with Gasteiger partial charge < -0.3 is 0 Å². The molecule has 4 heteroatoms. The molecule has 0 fully saturated rings. The van der Waals surface area contributed by atoms with Crippen LogP contribution < -0.4 is 0 Å². The number of ketones is 1. The number of hydrogen-bond acceptors (Lipinski definition) is 2. The average Bonchev–Trinajstić information content (AvgIpc) is 2.38. The minimum absolute atomic E-state index is 0.0991. The van der Waals surface area contributed by atoms with Gasteiger partial charge in [0.05, 0.1) is 6.54 Å². The van der Waals surface area contributed by atoms with Crippen LogP contribution in [0.25, 0.3) is 0 Å². The number of hydrogen-bond donors (Lipinski definition) is 0. The van der Waals surface area contributed by atoms with E-state index in [9.17, 15) is 4.79 Å². The Bertz CT molecular complexity index is 615. The number of nitrogens with zero attached hydrogens (tertiary/aromatic N) is 1. The van der Waals surface area contributed by atoms with E-state index in [2.05, 4.69) is 15.9 Å². The van der Waals surface area contributed by atoms with Crippen molar-refractivity contribution in [2.75, 3.05) is 13.6 Å². The van der Waals surface area contributed by atoms with E-state index in [1.807, 2.05) is 60.5 Å². The Morgan fingerprint density at radius 2 is 1.95 bits per heavy atom. The van der Waals surface area contributed by atoms with Gasteiger partial charge >= 0.3 is 0 Å². The lowest BCUT2D eigenvalue weighted by Gasteiger charge is -2.16. The molecule has 0 unspecified atom stereocenters. The molecular weight excluding hydrogens is 338 g/mol. The molecule has 2 nitrogen and oxygen atoms in total. The zero-order chi connectivity index (χ0) is 14.5. The maximum atomic E-state index is 12.2. The molecule has 0 aliphatic rings. The number of halogens is 2. The number of benzene rings is 2. The molecule has 2 rings (SSSR count). The number of Topliss-reactive ketones (excluding diaryl/α,β-unsaturated/α-hetero) is 1. The highest BCUT2D eigenvalue weighted by Gasteiger charge is 2.12. The molecule has 0 radical (unpaired) electrons. The van der Waals surface area contributed by atoms with Gasteiger partial charge in [0.15, 0.2) is 5.78 Å². The summed E-state index contributed by atoms with van der Waals surface area (Å²) in [7, 11) is 1.93. The van der Waals surface area contributed by atoms with Crippen LogP contribution in [0.2, 0.25) is 5.02 Å². The fourth-order valence-electron chi connectivity index (χ4n) is 2.02. The Labute approximate surface area is 132 Å². The second-order valence-electron chi connectivity index (χ2n) is 4.71. The molecule has 0 saturated carbocycles. The molecule has 0 spiro atoms. The summed E-state index contributed by atoms with van der Waals surface area (Å²) in [6.45, 7) is 1.06. The molecule has 0 N–H and O–H groups in total. The van der Waals surface area contributed by atoms with Crippen molar-refractivity contribution in [2.45, 2.75) is 6.54 Å². The summed E-state index contributed by atoms with van der Waals surface area (Å²) in [5.74, 6) is 0.0991. The quantitative estimate of drug-likeness (QED) is 0.743. The summed E-state index contributed by atoms with van der Waals surface area (Å²) in [5.41, 5.74) is 1.81. The summed E-state index contributed by atoms with van der Waals surface area (Å²) in [5, 5.41) is 0.716. The summed E-state index contributed by atoms with van der Waals surface area (Å²) < 4.78 is 0.834. The van der Waals surface area contributed by atoms with E-state index < -0.39 is 0 Å². The zero-order valence-corrected chi connectivity index (χ0v) is 13.5. The molecule has 104 valence electrons. The van der Waals surface area contributed by atoms with Crippen LogP contribution in [-0.2, 0) is 6.54 Å². The standard InChI is InChI=1S/C16H15BrClNO/c1-19(10-12-5-4-6-13(18)9-12)11-16(20)14-7-2-3-8-15(14)17/h2-9H,10-11H2,1H3. The third-order valence-corrected chi connectivity index (χ3v) is 3.86. The number of carbonyl (C=O) groups excluding carboxylic acids is 1. The molecule has 2 aromatic carbocycles.